The van der Waals surface area contributed by atoms with Gasteiger partial charge in [-0.15, -0.1) is 0 Å². The van der Waals surface area contributed by atoms with Gasteiger partial charge in [-0.25, -0.2) is 9.13 Å². The number of rotatable bonds is 41. The van der Waals surface area contributed by atoms with Crippen molar-refractivity contribution < 1.29 is 71.8 Å². The number of hydrogen-bond acceptors (Lipinski definition) is 12. The Bertz CT molecular complexity index is 1340. The number of unbranched alkanes of at least 4 members (excludes halogenated alkanes) is 14. The minimum atomic E-state index is -4.89. The lowest BCUT2D eigenvalue weighted by Gasteiger charge is -2.20. The molecule has 0 fully saturated rings. The van der Waals surface area contributed by atoms with Crippen LogP contribution in [0.1, 0.15) is 155 Å². The van der Waals surface area contributed by atoms with E-state index >= 15 is 0 Å². The zero-order valence-corrected chi connectivity index (χ0v) is 38.5. The van der Waals surface area contributed by atoms with Crippen LogP contribution in [-0.4, -0.2) is 92.8 Å². The lowest BCUT2D eigenvalue weighted by atomic mass is 10.1. The fourth-order valence-corrected chi connectivity index (χ4v) is 6.75. The maximum atomic E-state index is 12.7. The molecule has 6 N–H and O–H groups in total. The molecule has 0 amide bonds. The van der Waals surface area contributed by atoms with Crippen molar-refractivity contribution in [1.29, 1.82) is 0 Å². The Morgan fingerprint density at radius 1 is 0.541 bits per heavy atom. The molecule has 0 aromatic heterocycles. The Labute approximate surface area is 365 Å². The van der Waals surface area contributed by atoms with Crippen LogP contribution in [0, 0.1) is 0 Å². The molecule has 0 aromatic rings. The van der Waals surface area contributed by atoms with Crippen LogP contribution in [0.25, 0.3) is 0 Å². The molecule has 5 atom stereocenters. The summed E-state index contributed by atoms with van der Waals surface area (Å²) < 4.78 is 47.6. The monoisotopic (exact) mass is 908 g/mol. The van der Waals surface area contributed by atoms with Gasteiger partial charge in [-0.1, -0.05) is 139 Å². The zero-order chi connectivity index (χ0) is 45.5. The molecule has 0 radical (unpaired) electrons. The van der Waals surface area contributed by atoms with E-state index in [1.807, 2.05) is 6.08 Å². The van der Waals surface area contributed by atoms with E-state index in [0.29, 0.717) is 12.8 Å². The standard InChI is InChI=1S/C44H78O15P2/c1-3-5-7-9-11-12-13-14-15-16-17-18-19-21-27-33-44(49)59-42(38-58-61(53,54)57-36-41(47)35-56-60(50,51)52)37-55-43(48)34-28-32-40(46)31-26-23-22-25-30-39(45)29-24-20-10-8-6-4-2/h14-15,20,22-26,30-31,39-42,45-47H,3-13,16-19,21,27-29,32-38H2,1-2H3,(H,53,54)(H2,50,51,52)/b15-14-,23-22+,24-20-,30-25+,31-26-/t39-,40-,41+,42-/m1/s1. The minimum absolute atomic E-state index is 0.0668. The molecule has 0 heterocycles. The van der Waals surface area contributed by atoms with E-state index in [4.69, 9.17) is 23.8 Å². The molecule has 1 unspecified atom stereocenters. The molecule has 0 bridgehead atoms. The first-order chi connectivity index (χ1) is 29.2. The maximum absolute atomic E-state index is 12.7. The Morgan fingerprint density at radius 2 is 1.03 bits per heavy atom. The Balaban J connectivity index is 4.78. The number of ether oxygens (including phenoxy) is 2. The molecule has 0 spiro atoms. The topological polar surface area (TPSA) is 236 Å². The molecule has 0 aliphatic heterocycles. The van der Waals surface area contributed by atoms with Crippen LogP contribution in [0.2, 0.25) is 0 Å². The van der Waals surface area contributed by atoms with Crippen LogP contribution in [0.4, 0.5) is 0 Å². The van der Waals surface area contributed by atoms with E-state index in [0.717, 1.165) is 51.4 Å². The van der Waals surface area contributed by atoms with Crippen LogP contribution in [-0.2, 0) is 41.8 Å². The SMILES string of the molecule is CCCCC/C=C\C[C@@H](O)/C=C/C=C/C=C\[C@@H](O)CCCC(=O)OC[C@H](COP(=O)(O)OC[C@@H](O)COP(=O)(O)O)OC(=O)CCCCCCC/C=C\CCCCCCCC. The lowest BCUT2D eigenvalue weighted by molar-refractivity contribution is -0.161. The average Bonchev–Trinajstić information content (AvgIpc) is 3.21. The van der Waals surface area contributed by atoms with E-state index < -0.39 is 78.4 Å². The fourth-order valence-electron chi connectivity index (χ4n) is 5.59. The quantitative estimate of drug-likeness (QED) is 0.0110. The van der Waals surface area contributed by atoms with E-state index in [2.05, 4.69) is 41.1 Å². The van der Waals surface area contributed by atoms with Crippen LogP contribution in [0.5, 0.6) is 0 Å². The van der Waals surface area contributed by atoms with E-state index in [1.54, 1.807) is 36.5 Å². The summed E-state index contributed by atoms with van der Waals surface area (Å²) in [6.07, 6.45) is 34.1. The van der Waals surface area contributed by atoms with Crippen molar-refractivity contribution in [3.05, 3.63) is 60.8 Å². The van der Waals surface area contributed by atoms with E-state index in [1.165, 1.54) is 51.4 Å². The van der Waals surface area contributed by atoms with E-state index in [-0.39, 0.29) is 25.7 Å². The molecule has 0 aliphatic rings. The smallest absolute Gasteiger partial charge is 0.462 e. The number of esters is 2. The number of aliphatic hydroxyl groups is 3. The predicted octanol–water partition coefficient (Wildman–Crippen LogP) is 9.17. The molecule has 354 valence electrons. The molecule has 0 aliphatic carbocycles. The number of phosphoric ester groups is 2. The largest absolute Gasteiger partial charge is 0.472 e. The summed E-state index contributed by atoms with van der Waals surface area (Å²) >= 11 is 0. The molecule has 0 saturated carbocycles. The number of allylic oxidation sites excluding steroid dienone is 7. The summed E-state index contributed by atoms with van der Waals surface area (Å²) in [5.41, 5.74) is 0. The number of hydrogen-bond donors (Lipinski definition) is 6. The predicted molar refractivity (Wildman–Crippen MR) is 237 cm³/mol. The molecule has 0 saturated heterocycles. The summed E-state index contributed by atoms with van der Waals surface area (Å²) in [4.78, 5) is 52.7. The molecule has 15 nitrogen and oxygen atoms in total. The number of phosphoric acid groups is 2. The Kier molecular flexibility index (Phi) is 37.9. The Hall–Kier alpha value is -2.26. The number of carbonyl (C=O) groups is 2. The van der Waals surface area contributed by atoms with Crippen LogP contribution in [0.3, 0.4) is 0 Å². The molecule has 17 heteroatoms. The van der Waals surface area contributed by atoms with Gasteiger partial charge in [0.2, 0.25) is 0 Å². The summed E-state index contributed by atoms with van der Waals surface area (Å²) in [5.74, 6) is -1.28. The van der Waals surface area contributed by atoms with Gasteiger partial charge in [0, 0.05) is 12.8 Å². The number of carbonyl (C=O) groups excluding carboxylic acids is 2. The fraction of sp³-hybridized carbons (Fsp3) is 0.727. The van der Waals surface area contributed by atoms with Crippen LogP contribution < -0.4 is 0 Å². The van der Waals surface area contributed by atoms with Crippen molar-refractivity contribution in [2.75, 3.05) is 26.4 Å². The molecular weight excluding hydrogens is 830 g/mol. The summed E-state index contributed by atoms with van der Waals surface area (Å²) in [7, 11) is -9.76. The third-order valence-corrected chi connectivity index (χ3v) is 10.5. The third-order valence-electron chi connectivity index (χ3n) is 9.06. The normalized spacial score (nSPS) is 15.6. The lowest BCUT2D eigenvalue weighted by Crippen LogP contribution is -2.30. The molecule has 0 aromatic carbocycles. The minimum Gasteiger partial charge on any atom is -0.462 e. The van der Waals surface area contributed by atoms with Crippen molar-refractivity contribution in [2.24, 2.45) is 0 Å². The van der Waals surface area contributed by atoms with Gasteiger partial charge in [0.1, 0.15) is 12.7 Å². The van der Waals surface area contributed by atoms with Crippen LogP contribution >= 0.6 is 15.6 Å². The molecule has 61 heavy (non-hydrogen) atoms. The van der Waals surface area contributed by atoms with Gasteiger partial charge >= 0.3 is 27.6 Å². The van der Waals surface area contributed by atoms with Crippen LogP contribution in [0.15, 0.2) is 60.8 Å². The summed E-state index contributed by atoms with van der Waals surface area (Å²) in [6, 6.07) is 0. The first-order valence-electron chi connectivity index (χ1n) is 22.2. The second-order valence-corrected chi connectivity index (χ2v) is 17.7. The van der Waals surface area contributed by atoms with Crippen molar-refractivity contribution in [1.82, 2.24) is 0 Å². The van der Waals surface area contributed by atoms with E-state index in [9.17, 15) is 38.9 Å². The van der Waals surface area contributed by atoms with Gasteiger partial charge in [0.15, 0.2) is 6.10 Å². The zero-order valence-electron chi connectivity index (χ0n) is 36.7. The third kappa shape index (κ3) is 42.8. The summed E-state index contributed by atoms with van der Waals surface area (Å²) in [6.45, 7) is 1.40. The molecular formula is C44H78O15P2. The van der Waals surface area contributed by atoms with Crippen molar-refractivity contribution in [3.8, 4) is 0 Å². The number of aliphatic hydroxyl groups excluding tert-OH is 3. The highest BCUT2D eigenvalue weighted by molar-refractivity contribution is 7.47. The van der Waals surface area contributed by atoms with Crippen molar-refractivity contribution >= 4 is 27.6 Å². The van der Waals surface area contributed by atoms with Gasteiger partial charge in [-0.05, 0) is 64.2 Å². The van der Waals surface area contributed by atoms with Gasteiger partial charge in [0.25, 0.3) is 0 Å². The average molecular weight is 909 g/mol. The highest BCUT2D eigenvalue weighted by atomic mass is 31.2. The summed E-state index contributed by atoms with van der Waals surface area (Å²) in [5, 5.41) is 30.0. The second kappa shape index (κ2) is 39.3. The highest BCUT2D eigenvalue weighted by Crippen LogP contribution is 2.43. The second-order valence-electron chi connectivity index (χ2n) is 15.0. The van der Waals surface area contributed by atoms with Crippen molar-refractivity contribution in [3.63, 3.8) is 0 Å². The molecule has 0 rings (SSSR count). The van der Waals surface area contributed by atoms with Gasteiger partial charge in [0.05, 0.1) is 32.0 Å². The Morgan fingerprint density at radius 3 is 1.66 bits per heavy atom. The van der Waals surface area contributed by atoms with Gasteiger partial charge in [-0.3, -0.25) is 23.2 Å². The first-order valence-corrected chi connectivity index (χ1v) is 25.2. The van der Waals surface area contributed by atoms with Crippen molar-refractivity contribution in [2.45, 2.75) is 180 Å². The highest BCUT2D eigenvalue weighted by Gasteiger charge is 2.28. The van der Waals surface area contributed by atoms with Gasteiger partial charge in [-0.2, -0.15) is 0 Å². The van der Waals surface area contributed by atoms with Gasteiger partial charge < -0.3 is 39.5 Å². The first kappa shape index (κ1) is 58.7. The maximum Gasteiger partial charge on any atom is 0.472 e.